The first-order chi connectivity index (χ1) is 7.98. The van der Waals surface area contributed by atoms with E-state index < -0.39 is 17.6 Å². The fraction of sp³-hybridized carbons (Fsp3) is 0.455. The summed E-state index contributed by atoms with van der Waals surface area (Å²) in [5, 5.41) is 13.4. The quantitative estimate of drug-likeness (QED) is 0.844. The van der Waals surface area contributed by atoms with Crippen molar-refractivity contribution >= 4 is 23.4 Å². The van der Waals surface area contributed by atoms with E-state index >= 15 is 0 Å². The zero-order valence-electron chi connectivity index (χ0n) is 9.73. The molecular formula is C11H15NO4S. The number of methoxy groups -OCH3 is 1. The van der Waals surface area contributed by atoms with Crippen LogP contribution in [0.4, 0.5) is 4.79 Å². The summed E-state index contributed by atoms with van der Waals surface area (Å²) in [6.07, 6.45) is 0.184. The summed E-state index contributed by atoms with van der Waals surface area (Å²) in [5.41, 5.74) is -1.31. The smallest absolute Gasteiger partial charge is 0.407 e. The van der Waals surface area contributed by atoms with Crippen molar-refractivity contribution in [1.82, 2.24) is 5.32 Å². The molecule has 1 heterocycles. The summed E-state index contributed by atoms with van der Waals surface area (Å²) < 4.78 is 4.42. The zero-order chi connectivity index (χ0) is 12.9. The third-order valence-electron chi connectivity index (χ3n) is 2.49. The van der Waals surface area contributed by atoms with Crippen LogP contribution in [0, 0.1) is 0 Å². The van der Waals surface area contributed by atoms with Crippen LogP contribution in [0.3, 0.4) is 0 Å². The molecule has 0 aliphatic rings. The predicted octanol–water partition coefficient (Wildman–Crippen LogP) is 1.88. The molecule has 0 radical (unpaired) electrons. The standard InChI is InChI=1S/C11H15NO4S/c1-11(9(13)14,12-10(15)16-2)6-5-8-4-3-7-17-8/h3-4,7H,5-6H2,1-2H3,(H,12,15)(H,13,14). The van der Waals surface area contributed by atoms with Crippen LogP contribution >= 0.6 is 11.3 Å². The van der Waals surface area contributed by atoms with Crippen molar-refractivity contribution in [2.75, 3.05) is 7.11 Å². The number of carboxylic acids is 1. The highest BCUT2D eigenvalue weighted by atomic mass is 32.1. The number of carbonyl (C=O) groups is 2. The summed E-state index contributed by atoms with van der Waals surface area (Å²) in [4.78, 5) is 23.4. The van der Waals surface area contributed by atoms with Crippen molar-refractivity contribution in [2.45, 2.75) is 25.3 Å². The van der Waals surface area contributed by atoms with Gasteiger partial charge in [0.25, 0.3) is 0 Å². The van der Waals surface area contributed by atoms with Crippen LogP contribution in [0.25, 0.3) is 0 Å². The second-order valence-electron chi connectivity index (χ2n) is 3.83. The van der Waals surface area contributed by atoms with Crippen molar-refractivity contribution in [2.24, 2.45) is 0 Å². The molecule has 6 heteroatoms. The highest BCUT2D eigenvalue weighted by Crippen LogP contribution is 2.18. The average molecular weight is 257 g/mol. The normalized spacial score (nSPS) is 13.8. The van der Waals surface area contributed by atoms with Gasteiger partial charge in [-0.3, -0.25) is 0 Å². The Hall–Kier alpha value is -1.56. The maximum absolute atomic E-state index is 11.2. The summed E-state index contributed by atoms with van der Waals surface area (Å²) >= 11 is 1.56. The molecule has 0 fully saturated rings. The molecule has 0 aromatic carbocycles. The Morgan fingerprint density at radius 1 is 1.59 bits per heavy atom. The van der Waals surface area contributed by atoms with E-state index in [-0.39, 0.29) is 0 Å². The van der Waals surface area contributed by atoms with Crippen molar-refractivity contribution in [3.8, 4) is 0 Å². The minimum atomic E-state index is -1.31. The molecule has 1 rings (SSSR count). The number of hydrogen-bond donors (Lipinski definition) is 2. The van der Waals surface area contributed by atoms with Crippen molar-refractivity contribution < 1.29 is 19.4 Å². The Morgan fingerprint density at radius 3 is 2.76 bits per heavy atom. The Balaban J connectivity index is 2.64. The second kappa shape index (κ2) is 5.67. The fourth-order valence-electron chi connectivity index (χ4n) is 1.33. The molecule has 0 aliphatic carbocycles. The highest BCUT2D eigenvalue weighted by molar-refractivity contribution is 7.09. The first-order valence-corrected chi connectivity index (χ1v) is 5.98. The molecule has 1 amide bonds. The number of ether oxygens (including phenoxy) is 1. The molecule has 5 nitrogen and oxygen atoms in total. The molecule has 1 atom stereocenters. The number of aryl methyl sites for hydroxylation is 1. The van der Waals surface area contributed by atoms with Gasteiger partial charge < -0.3 is 15.2 Å². The van der Waals surface area contributed by atoms with E-state index in [1.165, 1.54) is 14.0 Å². The number of alkyl carbamates (subject to hydrolysis) is 1. The lowest BCUT2D eigenvalue weighted by molar-refractivity contribution is -0.144. The number of nitrogens with one attached hydrogen (secondary N) is 1. The minimum Gasteiger partial charge on any atom is -0.480 e. The third-order valence-corrected chi connectivity index (χ3v) is 3.42. The summed E-state index contributed by atoms with van der Waals surface area (Å²) in [6, 6.07) is 3.84. The first-order valence-electron chi connectivity index (χ1n) is 5.10. The van der Waals surface area contributed by atoms with Crippen LogP contribution in [0.5, 0.6) is 0 Å². The zero-order valence-corrected chi connectivity index (χ0v) is 10.5. The second-order valence-corrected chi connectivity index (χ2v) is 4.87. The van der Waals surface area contributed by atoms with Crippen LogP contribution in [0.15, 0.2) is 17.5 Å². The van der Waals surface area contributed by atoms with E-state index in [0.717, 1.165) is 4.88 Å². The molecule has 0 aliphatic heterocycles. The molecule has 0 saturated heterocycles. The van der Waals surface area contributed by atoms with Gasteiger partial charge >= 0.3 is 12.1 Å². The van der Waals surface area contributed by atoms with Gasteiger partial charge in [-0.15, -0.1) is 11.3 Å². The number of carbonyl (C=O) groups excluding carboxylic acids is 1. The van der Waals surface area contributed by atoms with Crippen LogP contribution in [-0.4, -0.2) is 29.8 Å². The molecule has 1 aromatic rings. The third kappa shape index (κ3) is 3.74. The lowest BCUT2D eigenvalue weighted by Crippen LogP contribution is -2.52. The molecule has 0 spiro atoms. The van der Waals surface area contributed by atoms with Crippen molar-refractivity contribution in [1.29, 1.82) is 0 Å². The van der Waals surface area contributed by atoms with Crippen LogP contribution in [0.2, 0.25) is 0 Å². The van der Waals surface area contributed by atoms with E-state index in [1.807, 2.05) is 17.5 Å². The average Bonchev–Trinajstić information content (AvgIpc) is 2.79. The van der Waals surface area contributed by atoms with Gasteiger partial charge in [0.2, 0.25) is 0 Å². The number of amides is 1. The molecular weight excluding hydrogens is 242 g/mol. The molecule has 94 valence electrons. The molecule has 1 aromatic heterocycles. The van der Waals surface area contributed by atoms with E-state index in [9.17, 15) is 9.59 Å². The van der Waals surface area contributed by atoms with E-state index in [0.29, 0.717) is 12.8 Å². The Labute approximate surface area is 103 Å². The monoisotopic (exact) mass is 257 g/mol. The van der Waals surface area contributed by atoms with Gasteiger partial charge in [-0.2, -0.15) is 0 Å². The summed E-state index contributed by atoms with van der Waals surface area (Å²) in [7, 11) is 1.21. The number of rotatable bonds is 5. The van der Waals surface area contributed by atoms with Gasteiger partial charge in [-0.25, -0.2) is 9.59 Å². The maximum Gasteiger partial charge on any atom is 0.407 e. The van der Waals surface area contributed by atoms with Gasteiger partial charge in [0, 0.05) is 4.88 Å². The van der Waals surface area contributed by atoms with Gasteiger partial charge in [-0.1, -0.05) is 6.07 Å². The first kappa shape index (κ1) is 13.5. The number of hydrogen-bond acceptors (Lipinski definition) is 4. The summed E-state index contributed by atoms with van der Waals surface area (Å²) in [6.45, 7) is 1.47. The predicted molar refractivity (Wildman–Crippen MR) is 64.2 cm³/mol. The minimum absolute atomic E-state index is 0.317. The topological polar surface area (TPSA) is 75.6 Å². The van der Waals surface area contributed by atoms with Crippen LogP contribution < -0.4 is 5.32 Å². The molecule has 2 N–H and O–H groups in total. The number of thiophene rings is 1. The van der Waals surface area contributed by atoms with E-state index in [1.54, 1.807) is 11.3 Å². The van der Waals surface area contributed by atoms with Gasteiger partial charge in [-0.05, 0) is 31.2 Å². The lowest BCUT2D eigenvalue weighted by Gasteiger charge is -2.25. The molecule has 1 unspecified atom stereocenters. The number of aliphatic carboxylic acids is 1. The Morgan fingerprint density at radius 2 is 2.29 bits per heavy atom. The van der Waals surface area contributed by atoms with Gasteiger partial charge in [0.15, 0.2) is 0 Å². The van der Waals surface area contributed by atoms with Crippen molar-refractivity contribution in [3.05, 3.63) is 22.4 Å². The molecule has 17 heavy (non-hydrogen) atoms. The summed E-state index contributed by atoms with van der Waals surface area (Å²) in [5.74, 6) is -1.07. The van der Waals surface area contributed by atoms with Crippen LogP contribution in [-0.2, 0) is 16.0 Å². The SMILES string of the molecule is COC(=O)NC(C)(CCc1cccs1)C(=O)O. The van der Waals surface area contributed by atoms with E-state index in [4.69, 9.17) is 5.11 Å². The fourth-order valence-corrected chi connectivity index (χ4v) is 2.04. The highest BCUT2D eigenvalue weighted by Gasteiger charge is 2.34. The van der Waals surface area contributed by atoms with Gasteiger partial charge in [0.05, 0.1) is 7.11 Å². The lowest BCUT2D eigenvalue weighted by atomic mass is 9.95. The maximum atomic E-state index is 11.2. The molecule has 0 bridgehead atoms. The van der Waals surface area contributed by atoms with Gasteiger partial charge in [0.1, 0.15) is 5.54 Å². The van der Waals surface area contributed by atoms with Crippen molar-refractivity contribution in [3.63, 3.8) is 0 Å². The Bertz CT molecular complexity index is 390. The Kier molecular flexibility index (Phi) is 4.51. The molecule has 0 saturated carbocycles. The largest absolute Gasteiger partial charge is 0.480 e. The van der Waals surface area contributed by atoms with E-state index in [2.05, 4.69) is 10.1 Å². The number of carboxylic acid groups (broad SMARTS) is 1. The van der Waals surface area contributed by atoms with Crippen LogP contribution in [0.1, 0.15) is 18.2 Å².